The van der Waals surface area contributed by atoms with Gasteiger partial charge < -0.3 is 10.2 Å². The number of hydrogen-bond acceptors (Lipinski definition) is 6. The van der Waals surface area contributed by atoms with E-state index in [4.69, 9.17) is 0 Å². The fraction of sp³-hybridized carbons (Fsp3) is 0.500. The minimum Gasteiger partial charge on any atom is -0.340 e. The second-order valence-corrected chi connectivity index (χ2v) is 13.0. The van der Waals surface area contributed by atoms with Crippen LogP contribution in [0.1, 0.15) is 68.4 Å². The molecule has 3 heterocycles. The summed E-state index contributed by atoms with van der Waals surface area (Å²) in [4.78, 5) is 45.1. The lowest BCUT2D eigenvalue weighted by Crippen LogP contribution is -2.52. The number of rotatable bonds is 8. The molecule has 3 unspecified atom stereocenters. The van der Waals surface area contributed by atoms with E-state index in [0.29, 0.717) is 30.4 Å². The van der Waals surface area contributed by atoms with Crippen LogP contribution >= 0.6 is 0 Å². The topological polar surface area (TPSA) is 117 Å². The molecule has 2 amide bonds. The molecule has 38 heavy (non-hydrogen) atoms. The van der Waals surface area contributed by atoms with Crippen LogP contribution in [0, 0.1) is 0 Å². The number of nitrogens with zero attached hydrogens (tertiary/aromatic N) is 3. The molecule has 10 heteroatoms. The summed E-state index contributed by atoms with van der Waals surface area (Å²) in [6.45, 7) is 8.21. The highest BCUT2D eigenvalue weighted by Gasteiger charge is 2.54. The van der Waals surface area contributed by atoms with E-state index in [1.165, 1.54) is 15.4 Å². The number of likely N-dealkylation sites (tertiary alicyclic amines) is 1. The van der Waals surface area contributed by atoms with Gasteiger partial charge in [-0.2, -0.15) is 4.31 Å². The van der Waals surface area contributed by atoms with Crippen molar-refractivity contribution in [1.82, 2.24) is 19.5 Å². The van der Waals surface area contributed by atoms with Gasteiger partial charge in [0.25, 0.3) is 5.91 Å². The Balaban J connectivity index is 1.47. The molecule has 1 aromatic carbocycles. The van der Waals surface area contributed by atoms with Crippen molar-refractivity contribution in [3.8, 4) is 0 Å². The first-order valence-corrected chi connectivity index (χ1v) is 14.7. The van der Waals surface area contributed by atoms with Gasteiger partial charge in [-0.25, -0.2) is 8.42 Å². The van der Waals surface area contributed by atoms with Crippen LogP contribution in [0.5, 0.6) is 0 Å². The molecule has 0 spiro atoms. The Morgan fingerprint density at radius 2 is 1.87 bits per heavy atom. The molecule has 2 aromatic rings. The molecule has 2 aliphatic rings. The second-order valence-electron chi connectivity index (χ2n) is 11.1. The lowest BCUT2D eigenvalue weighted by Gasteiger charge is -2.28. The van der Waals surface area contributed by atoms with E-state index < -0.39 is 28.1 Å². The molecule has 1 N–H and O–H groups in total. The quantitative estimate of drug-likeness (QED) is 0.550. The molecule has 0 aliphatic carbocycles. The van der Waals surface area contributed by atoms with E-state index in [9.17, 15) is 22.8 Å². The Bertz CT molecular complexity index is 1290. The number of carbonyl (C=O) groups is 3. The van der Waals surface area contributed by atoms with Crippen molar-refractivity contribution in [2.45, 2.75) is 76.3 Å². The monoisotopic (exact) mass is 540 g/mol. The minimum atomic E-state index is -3.78. The highest BCUT2D eigenvalue weighted by molar-refractivity contribution is 7.88. The number of Topliss-reactive ketones (excluding diaryl/α,β-unsaturated/α-hetero) is 1. The summed E-state index contributed by atoms with van der Waals surface area (Å²) in [5, 5.41) is 2.86. The molecule has 204 valence electrons. The molecule has 0 radical (unpaired) electrons. The average molecular weight is 541 g/mol. The molecule has 3 atom stereocenters. The van der Waals surface area contributed by atoms with E-state index in [1.54, 1.807) is 30.5 Å². The SMILES string of the molecule is CCCC(NC(=O)c1ccc(C(C)(C)C)cc1)C(=O)N1CCC2C1C(=O)CN2S(=O)(=O)Cc1cccnc1. The fourth-order valence-corrected chi connectivity index (χ4v) is 6.98. The molecular formula is C28H36N4O5S. The number of aromatic nitrogens is 1. The predicted octanol–water partition coefficient (Wildman–Crippen LogP) is 2.66. The van der Waals surface area contributed by atoms with Crippen LogP contribution in [-0.2, 0) is 30.8 Å². The second kappa shape index (κ2) is 10.9. The lowest BCUT2D eigenvalue weighted by atomic mass is 9.86. The molecular weight excluding hydrogens is 504 g/mol. The summed E-state index contributed by atoms with van der Waals surface area (Å²) in [7, 11) is -3.78. The maximum atomic E-state index is 13.6. The van der Waals surface area contributed by atoms with E-state index in [-0.39, 0.29) is 41.9 Å². The van der Waals surface area contributed by atoms with Gasteiger partial charge in [-0.3, -0.25) is 19.4 Å². The van der Waals surface area contributed by atoms with Gasteiger partial charge in [0, 0.05) is 24.5 Å². The van der Waals surface area contributed by atoms with Crippen LogP contribution in [-0.4, -0.2) is 71.4 Å². The number of ketones is 1. The summed E-state index contributed by atoms with van der Waals surface area (Å²) >= 11 is 0. The normalized spacial score (nSPS) is 20.8. The summed E-state index contributed by atoms with van der Waals surface area (Å²) in [6, 6.07) is 8.43. The number of benzene rings is 1. The van der Waals surface area contributed by atoms with Gasteiger partial charge in [0.15, 0.2) is 5.78 Å². The molecule has 2 fully saturated rings. The van der Waals surface area contributed by atoms with Gasteiger partial charge in [0.2, 0.25) is 15.9 Å². The molecule has 2 saturated heterocycles. The van der Waals surface area contributed by atoms with Crippen molar-refractivity contribution in [3.63, 3.8) is 0 Å². The zero-order valence-electron chi connectivity index (χ0n) is 22.4. The van der Waals surface area contributed by atoms with Gasteiger partial charge in [0.1, 0.15) is 12.1 Å². The first-order valence-electron chi connectivity index (χ1n) is 13.1. The van der Waals surface area contributed by atoms with Crippen molar-refractivity contribution in [1.29, 1.82) is 0 Å². The van der Waals surface area contributed by atoms with Crippen molar-refractivity contribution < 1.29 is 22.8 Å². The summed E-state index contributed by atoms with van der Waals surface area (Å²) in [6.07, 6.45) is 4.50. The third-order valence-electron chi connectivity index (χ3n) is 7.28. The number of hydrogen-bond donors (Lipinski definition) is 1. The maximum absolute atomic E-state index is 13.6. The summed E-state index contributed by atoms with van der Waals surface area (Å²) in [5.41, 5.74) is 2.04. The molecule has 0 bridgehead atoms. The van der Waals surface area contributed by atoms with Gasteiger partial charge in [0.05, 0.1) is 18.3 Å². The predicted molar refractivity (Wildman–Crippen MR) is 144 cm³/mol. The van der Waals surface area contributed by atoms with Crippen molar-refractivity contribution in [2.24, 2.45) is 0 Å². The third-order valence-corrected chi connectivity index (χ3v) is 9.10. The number of amides is 2. The van der Waals surface area contributed by atoms with Crippen LogP contribution in [0.15, 0.2) is 48.8 Å². The molecule has 2 aliphatic heterocycles. The maximum Gasteiger partial charge on any atom is 0.251 e. The number of sulfonamides is 1. The van der Waals surface area contributed by atoms with E-state index in [2.05, 4.69) is 31.1 Å². The van der Waals surface area contributed by atoms with E-state index >= 15 is 0 Å². The third kappa shape index (κ3) is 5.81. The minimum absolute atomic E-state index is 0.0464. The molecule has 0 saturated carbocycles. The molecule has 4 rings (SSSR count). The van der Waals surface area contributed by atoms with Crippen LogP contribution < -0.4 is 5.32 Å². The zero-order chi connectivity index (χ0) is 27.7. The Labute approximate surface area is 224 Å². The summed E-state index contributed by atoms with van der Waals surface area (Å²) in [5.74, 6) is -1.26. The largest absolute Gasteiger partial charge is 0.340 e. The van der Waals surface area contributed by atoms with Crippen LogP contribution in [0.3, 0.4) is 0 Å². The Hall–Kier alpha value is -3.11. The number of fused-ring (bicyclic) bond motifs is 1. The Kier molecular flexibility index (Phi) is 8.04. The fourth-order valence-electron chi connectivity index (χ4n) is 5.27. The van der Waals surface area contributed by atoms with Gasteiger partial charge in [-0.05, 0) is 47.6 Å². The number of pyridine rings is 1. The van der Waals surface area contributed by atoms with Crippen LogP contribution in [0.4, 0.5) is 0 Å². The summed E-state index contributed by atoms with van der Waals surface area (Å²) < 4.78 is 27.6. The highest BCUT2D eigenvalue weighted by Crippen LogP contribution is 2.33. The van der Waals surface area contributed by atoms with Gasteiger partial charge >= 0.3 is 0 Å². The first kappa shape index (κ1) is 27.9. The molecule has 9 nitrogen and oxygen atoms in total. The average Bonchev–Trinajstić information content (AvgIpc) is 3.45. The number of carbonyl (C=O) groups excluding carboxylic acids is 3. The zero-order valence-corrected chi connectivity index (χ0v) is 23.2. The first-order chi connectivity index (χ1) is 17.9. The van der Waals surface area contributed by atoms with Gasteiger partial charge in [-0.1, -0.05) is 52.3 Å². The number of nitrogens with one attached hydrogen (secondary N) is 1. The van der Waals surface area contributed by atoms with Crippen LogP contribution in [0.2, 0.25) is 0 Å². The molecule has 1 aromatic heterocycles. The Morgan fingerprint density at radius 3 is 2.47 bits per heavy atom. The van der Waals surface area contributed by atoms with E-state index in [0.717, 1.165) is 5.56 Å². The van der Waals surface area contributed by atoms with Crippen molar-refractivity contribution >= 4 is 27.6 Å². The van der Waals surface area contributed by atoms with Gasteiger partial charge in [-0.15, -0.1) is 0 Å². The Morgan fingerprint density at radius 1 is 1.16 bits per heavy atom. The van der Waals surface area contributed by atoms with E-state index in [1.807, 2.05) is 19.1 Å². The van der Waals surface area contributed by atoms with Crippen molar-refractivity contribution in [3.05, 3.63) is 65.5 Å². The van der Waals surface area contributed by atoms with Crippen molar-refractivity contribution in [2.75, 3.05) is 13.1 Å². The smallest absolute Gasteiger partial charge is 0.251 e. The van der Waals surface area contributed by atoms with Crippen LogP contribution in [0.25, 0.3) is 0 Å². The highest BCUT2D eigenvalue weighted by atomic mass is 32.2. The standard InChI is InChI=1S/C28H36N4O5S/c1-5-7-22(30-26(34)20-9-11-21(12-10-20)28(2,3)4)27(35)31-15-13-23-25(31)24(33)17-32(23)38(36,37)18-19-8-6-14-29-16-19/h6,8-12,14,16,22-23,25H,5,7,13,15,17-18H2,1-4H3,(H,30,34). The lowest BCUT2D eigenvalue weighted by molar-refractivity contribution is -0.138.